The Morgan fingerprint density at radius 3 is 2.52 bits per heavy atom. The Labute approximate surface area is 197 Å². The molecule has 0 radical (unpaired) electrons. The average Bonchev–Trinajstić information content (AvgIpc) is 3.09. The summed E-state index contributed by atoms with van der Waals surface area (Å²) in [5, 5.41) is 3.00. The van der Waals surface area contributed by atoms with Crippen LogP contribution in [0.25, 0.3) is 5.65 Å². The van der Waals surface area contributed by atoms with E-state index in [4.69, 9.17) is 9.47 Å². The predicted octanol–water partition coefficient (Wildman–Crippen LogP) is 2.85. The summed E-state index contributed by atoms with van der Waals surface area (Å²) in [4.78, 5) is 58.0. The second-order valence-corrected chi connectivity index (χ2v) is 8.67. The van der Waals surface area contributed by atoms with E-state index in [1.807, 2.05) is 13.0 Å². The minimum Gasteiger partial charge on any atom is -0.462 e. The van der Waals surface area contributed by atoms with Gasteiger partial charge in [-0.25, -0.2) is 19.4 Å². The van der Waals surface area contributed by atoms with Crippen LogP contribution in [0.3, 0.4) is 0 Å². The van der Waals surface area contributed by atoms with Crippen LogP contribution in [0.4, 0.5) is 5.00 Å². The van der Waals surface area contributed by atoms with Crippen LogP contribution in [0.2, 0.25) is 0 Å². The van der Waals surface area contributed by atoms with Gasteiger partial charge in [0.1, 0.15) is 15.5 Å². The first kappa shape index (κ1) is 24.4. The summed E-state index contributed by atoms with van der Waals surface area (Å²) < 4.78 is 11.4. The third-order valence-electron chi connectivity index (χ3n) is 4.43. The van der Waals surface area contributed by atoms with Gasteiger partial charge in [-0.05, 0) is 44.9 Å². The molecule has 0 atom stereocenters. The number of nitrogens with zero attached hydrogens (tertiary/aromatic N) is 3. The molecule has 174 valence electrons. The molecular formula is C21H22N4O6S2. The molecule has 12 heteroatoms. The predicted molar refractivity (Wildman–Crippen MR) is 124 cm³/mol. The monoisotopic (exact) mass is 490 g/mol. The number of carbonyl (C=O) groups is 3. The Bertz CT molecular complexity index is 1280. The van der Waals surface area contributed by atoms with Gasteiger partial charge < -0.3 is 14.8 Å². The van der Waals surface area contributed by atoms with E-state index in [0.717, 1.165) is 28.7 Å². The maximum Gasteiger partial charge on any atom is 0.355 e. The zero-order valence-electron chi connectivity index (χ0n) is 18.5. The largest absolute Gasteiger partial charge is 0.462 e. The second-order valence-electron chi connectivity index (χ2n) is 6.71. The number of thioether (sulfide) groups is 1. The molecule has 0 aromatic carbocycles. The van der Waals surface area contributed by atoms with Crippen LogP contribution in [0, 0.1) is 13.8 Å². The summed E-state index contributed by atoms with van der Waals surface area (Å²) in [5.41, 5.74) is 1.24. The van der Waals surface area contributed by atoms with E-state index in [9.17, 15) is 19.2 Å². The Morgan fingerprint density at radius 2 is 1.82 bits per heavy atom. The number of hydrogen-bond acceptors (Lipinski definition) is 10. The van der Waals surface area contributed by atoms with Gasteiger partial charge >= 0.3 is 17.6 Å². The van der Waals surface area contributed by atoms with E-state index in [2.05, 4.69) is 15.3 Å². The Kier molecular flexibility index (Phi) is 7.82. The SMILES string of the molecule is CCOC(=O)c1sc(NC(=O)CSc2nc(=O)n3cccc(C)c3n2)c(C(=O)OCC)c1C. The highest BCUT2D eigenvalue weighted by atomic mass is 32.2. The number of hydrogen-bond donors (Lipinski definition) is 1. The van der Waals surface area contributed by atoms with Crippen LogP contribution in [-0.4, -0.2) is 51.2 Å². The third kappa shape index (κ3) is 5.40. The normalized spacial score (nSPS) is 10.8. The number of amides is 1. The van der Waals surface area contributed by atoms with E-state index >= 15 is 0 Å². The molecule has 3 aromatic heterocycles. The Balaban J connectivity index is 1.81. The number of aromatic nitrogens is 3. The highest BCUT2D eigenvalue weighted by molar-refractivity contribution is 7.99. The molecule has 0 fully saturated rings. The lowest BCUT2D eigenvalue weighted by molar-refractivity contribution is -0.113. The van der Waals surface area contributed by atoms with Crippen LogP contribution in [-0.2, 0) is 14.3 Å². The number of pyridine rings is 1. The third-order valence-corrected chi connectivity index (χ3v) is 6.47. The van der Waals surface area contributed by atoms with E-state index in [-0.39, 0.29) is 39.6 Å². The lowest BCUT2D eigenvalue weighted by Crippen LogP contribution is -2.21. The first-order valence-corrected chi connectivity index (χ1v) is 11.8. The molecule has 10 nitrogen and oxygen atoms in total. The highest BCUT2D eigenvalue weighted by Gasteiger charge is 2.27. The number of ether oxygens (including phenoxy) is 2. The first-order chi connectivity index (χ1) is 15.8. The fraction of sp³-hybridized carbons (Fsp3) is 0.333. The van der Waals surface area contributed by atoms with Crippen molar-refractivity contribution in [1.29, 1.82) is 0 Å². The number of esters is 2. The molecule has 0 aliphatic heterocycles. The summed E-state index contributed by atoms with van der Waals surface area (Å²) >= 11 is 1.93. The summed E-state index contributed by atoms with van der Waals surface area (Å²) in [6.45, 7) is 7.07. The highest BCUT2D eigenvalue weighted by Crippen LogP contribution is 2.34. The van der Waals surface area contributed by atoms with Crippen molar-refractivity contribution in [3.63, 3.8) is 0 Å². The minimum atomic E-state index is -0.647. The van der Waals surface area contributed by atoms with Gasteiger partial charge in [0.15, 0.2) is 5.16 Å². The summed E-state index contributed by atoms with van der Waals surface area (Å²) in [6, 6.07) is 3.54. The summed E-state index contributed by atoms with van der Waals surface area (Å²) in [5.74, 6) is -1.81. The molecule has 33 heavy (non-hydrogen) atoms. The van der Waals surface area contributed by atoms with Gasteiger partial charge in [0, 0.05) is 6.20 Å². The van der Waals surface area contributed by atoms with Gasteiger partial charge in [-0.15, -0.1) is 11.3 Å². The second kappa shape index (κ2) is 10.6. The molecular weight excluding hydrogens is 468 g/mol. The molecule has 0 bridgehead atoms. The van der Waals surface area contributed by atoms with Crippen LogP contribution < -0.4 is 11.0 Å². The standard InChI is InChI=1S/C21H22N4O6S2/c1-5-30-18(27)14-12(4)15(19(28)31-6-2)33-17(14)22-13(26)10-32-20-23-16-11(3)8-7-9-25(16)21(29)24-20/h7-9H,5-6,10H2,1-4H3,(H,22,26). The van der Waals surface area contributed by atoms with Crippen molar-refractivity contribution in [3.05, 3.63) is 50.4 Å². The number of aryl methyl sites for hydroxylation is 1. The molecule has 0 saturated heterocycles. The molecule has 0 unspecified atom stereocenters. The lowest BCUT2D eigenvalue weighted by Gasteiger charge is -2.07. The van der Waals surface area contributed by atoms with Crippen molar-refractivity contribution in [1.82, 2.24) is 14.4 Å². The maximum absolute atomic E-state index is 12.6. The fourth-order valence-corrected chi connectivity index (χ4v) is 4.69. The summed E-state index contributed by atoms with van der Waals surface area (Å²) in [6.07, 6.45) is 1.57. The summed E-state index contributed by atoms with van der Waals surface area (Å²) in [7, 11) is 0. The molecule has 1 amide bonds. The van der Waals surface area contributed by atoms with Gasteiger partial charge in [-0.1, -0.05) is 17.8 Å². The molecule has 0 spiro atoms. The van der Waals surface area contributed by atoms with Crippen LogP contribution in [0.5, 0.6) is 0 Å². The Hall–Kier alpha value is -3.25. The van der Waals surface area contributed by atoms with E-state index in [0.29, 0.717) is 11.2 Å². The van der Waals surface area contributed by atoms with Crippen molar-refractivity contribution in [2.24, 2.45) is 0 Å². The van der Waals surface area contributed by atoms with E-state index < -0.39 is 23.5 Å². The molecule has 0 aliphatic carbocycles. The first-order valence-electron chi connectivity index (χ1n) is 10.0. The molecule has 3 heterocycles. The van der Waals surface area contributed by atoms with Gasteiger partial charge in [0.25, 0.3) is 0 Å². The number of carbonyl (C=O) groups excluding carboxylic acids is 3. The van der Waals surface area contributed by atoms with Gasteiger partial charge in [-0.3, -0.25) is 9.20 Å². The van der Waals surface area contributed by atoms with Crippen molar-refractivity contribution in [2.75, 3.05) is 24.3 Å². The smallest absolute Gasteiger partial charge is 0.355 e. The molecule has 0 aliphatic rings. The molecule has 1 N–H and O–H groups in total. The topological polar surface area (TPSA) is 129 Å². The van der Waals surface area contributed by atoms with Crippen LogP contribution in [0.1, 0.15) is 45.0 Å². The van der Waals surface area contributed by atoms with Crippen molar-refractivity contribution in [3.8, 4) is 0 Å². The van der Waals surface area contributed by atoms with Crippen LogP contribution >= 0.6 is 23.1 Å². The molecule has 0 saturated carbocycles. The number of nitrogens with one attached hydrogen (secondary N) is 1. The van der Waals surface area contributed by atoms with Gasteiger partial charge in [0.2, 0.25) is 5.91 Å². The van der Waals surface area contributed by atoms with Crippen molar-refractivity contribution < 1.29 is 23.9 Å². The van der Waals surface area contributed by atoms with E-state index in [1.54, 1.807) is 33.0 Å². The zero-order chi connectivity index (χ0) is 24.1. The Morgan fingerprint density at radius 1 is 1.12 bits per heavy atom. The molecule has 3 rings (SSSR count). The van der Waals surface area contributed by atoms with Crippen molar-refractivity contribution >= 4 is 51.6 Å². The average molecular weight is 491 g/mol. The quantitative estimate of drug-likeness (QED) is 0.374. The fourth-order valence-electron chi connectivity index (χ4n) is 2.96. The van der Waals surface area contributed by atoms with Crippen LogP contribution in [0.15, 0.2) is 28.3 Å². The number of anilines is 1. The number of rotatable bonds is 8. The van der Waals surface area contributed by atoms with Crippen molar-refractivity contribution in [2.45, 2.75) is 32.9 Å². The molecule has 3 aromatic rings. The lowest BCUT2D eigenvalue weighted by atomic mass is 10.1. The number of fused-ring (bicyclic) bond motifs is 1. The minimum absolute atomic E-state index is 0.110. The van der Waals surface area contributed by atoms with Gasteiger partial charge in [0.05, 0.1) is 24.5 Å². The van der Waals surface area contributed by atoms with E-state index in [1.165, 1.54) is 4.40 Å². The maximum atomic E-state index is 12.6. The number of thiophene rings is 1. The zero-order valence-corrected chi connectivity index (χ0v) is 20.1. The van der Waals surface area contributed by atoms with Gasteiger partial charge in [-0.2, -0.15) is 4.98 Å².